The highest BCUT2D eigenvalue weighted by Crippen LogP contribution is 2.30. The molecule has 1 aliphatic heterocycles. The molecule has 0 aromatic heterocycles. The zero-order valence-electron chi connectivity index (χ0n) is 18.7. The molecule has 2 aromatic carbocycles. The average Bonchev–Trinajstić information content (AvgIpc) is 3.54. The van der Waals surface area contributed by atoms with E-state index >= 15 is 0 Å². The normalized spacial score (nSPS) is 21.0. The summed E-state index contributed by atoms with van der Waals surface area (Å²) in [5, 5.41) is 0. The van der Waals surface area contributed by atoms with Crippen molar-refractivity contribution in [2.24, 2.45) is 5.92 Å². The van der Waals surface area contributed by atoms with E-state index in [0.717, 1.165) is 43.2 Å². The van der Waals surface area contributed by atoms with Gasteiger partial charge < -0.3 is 9.64 Å². The Balaban J connectivity index is 1.19. The Labute approximate surface area is 186 Å². The molecule has 2 aromatic rings. The van der Waals surface area contributed by atoms with Gasteiger partial charge in [0.05, 0.1) is 6.61 Å². The molecule has 4 nitrogen and oxygen atoms in total. The van der Waals surface area contributed by atoms with Gasteiger partial charge in [0.1, 0.15) is 5.75 Å². The molecule has 1 heterocycles. The smallest absolute Gasteiger partial charge is 0.253 e. The highest BCUT2D eigenvalue weighted by molar-refractivity contribution is 5.94. The Morgan fingerprint density at radius 1 is 1.00 bits per heavy atom. The van der Waals surface area contributed by atoms with Crippen molar-refractivity contribution in [2.45, 2.75) is 57.5 Å². The third-order valence-electron chi connectivity index (χ3n) is 7.19. The third-order valence-corrected chi connectivity index (χ3v) is 7.19. The number of carbonyl (C=O) groups excluding carboxylic acids is 1. The van der Waals surface area contributed by atoms with Crippen LogP contribution in [0.25, 0.3) is 0 Å². The van der Waals surface area contributed by atoms with Crippen LogP contribution in [0.3, 0.4) is 0 Å². The third kappa shape index (κ3) is 4.95. The van der Waals surface area contributed by atoms with Crippen LogP contribution in [-0.2, 0) is 19.4 Å². The molecule has 1 unspecified atom stereocenters. The predicted octanol–water partition coefficient (Wildman–Crippen LogP) is 4.70. The average molecular weight is 419 g/mol. The van der Waals surface area contributed by atoms with Crippen molar-refractivity contribution in [1.82, 2.24) is 9.80 Å². The van der Waals surface area contributed by atoms with Gasteiger partial charge in [-0.05, 0) is 98.5 Å². The minimum atomic E-state index is 0.0973. The van der Waals surface area contributed by atoms with Crippen LogP contribution >= 0.6 is 0 Å². The summed E-state index contributed by atoms with van der Waals surface area (Å²) < 4.78 is 5.80. The molecule has 31 heavy (non-hydrogen) atoms. The number of carbonyl (C=O) groups is 1. The van der Waals surface area contributed by atoms with E-state index in [1.165, 1.54) is 61.9 Å². The van der Waals surface area contributed by atoms with E-state index in [4.69, 9.17) is 4.74 Å². The largest absolute Gasteiger partial charge is 0.493 e. The van der Waals surface area contributed by atoms with Gasteiger partial charge in [-0.1, -0.05) is 24.6 Å². The predicted molar refractivity (Wildman–Crippen MR) is 124 cm³/mol. The summed E-state index contributed by atoms with van der Waals surface area (Å²) in [5.74, 6) is 1.69. The fraction of sp³-hybridized carbons (Fsp3) is 0.519. The van der Waals surface area contributed by atoms with E-state index in [9.17, 15) is 4.79 Å². The molecule has 0 bridgehead atoms. The second kappa shape index (κ2) is 9.04. The molecule has 4 heteroatoms. The SMILES string of the molecule is CN(C(=O)c1ccc(OCC2CC2)cc1)C1Cc2ccc(CN3CCCCC3)cc2C1. The Hall–Kier alpha value is -2.33. The molecule has 1 amide bonds. The van der Waals surface area contributed by atoms with Gasteiger partial charge in [-0.25, -0.2) is 0 Å². The first kappa shape index (κ1) is 20.6. The summed E-state index contributed by atoms with van der Waals surface area (Å²) >= 11 is 0. The number of piperidine rings is 1. The summed E-state index contributed by atoms with van der Waals surface area (Å²) in [5.41, 5.74) is 4.97. The van der Waals surface area contributed by atoms with Crippen molar-refractivity contribution in [3.05, 3.63) is 64.7 Å². The van der Waals surface area contributed by atoms with Crippen molar-refractivity contribution < 1.29 is 9.53 Å². The topological polar surface area (TPSA) is 32.8 Å². The molecule has 5 rings (SSSR count). The summed E-state index contributed by atoms with van der Waals surface area (Å²) in [4.78, 5) is 17.6. The minimum Gasteiger partial charge on any atom is -0.493 e. The molecule has 3 aliphatic rings. The zero-order chi connectivity index (χ0) is 21.2. The lowest BCUT2D eigenvalue weighted by Crippen LogP contribution is -2.37. The number of hydrogen-bond acceptors (Lipinski definition) is 3. The first-order valence-electron chi connectivity index (χ1n) is 12.0. The van der Waals surface area contributed by atoms with Crippen LogP contribution in [0.5, 0.6) is 5.75 Å². The number of likely N-dealkylation sites (N-methyl/N-ethyl adjacent to an activating group) is 1. The fourth-order valence-electron chi connectivity index (χ4n) is 4.96. The van der Waals surface area contributed by atoms with E-state index in [1.807, 2.05) is 36.2 Å². The van der Waals surface area contributed by atoms with Crippen molar-refractivity contribution in [2.75, 3.05) is 26.7 Å². The minimum absolute atomic E-state index is 0.0973. The maximum Gasteiger partial charge on any atom is 0.253 e. The van der Waals surface area contributed by atoms with Crippen molar-refractivity contribution in [3.8, 4) is 5.75 Å². The van der Waals surface area contributed by atoms with Crippen LogP contribution in [-0.4, -0.2) is 48.5 Å². The quantitative estimate of drug-likeness (QED) is 0.653. The van der Waals surface area contributed by atoms with Gasteiger partial charge in [0, 0.05) is 25.2 Å². The van der Waals surface area contributed by atoms with Crippen molar-refractivity contribution in [1.29, 1.82) is 0 Å². The lowest BCUT2D eigenvalue weighted by Gasteiger charge is -2.26. The van der Waals surface area contributed by atoms with Gasteiger partial charge in [0.15, 0.2) is 0 Å². The second-order valence-corrected chi connectivity index (χ2v) is 9.70. The molecule has 2 aliphatic carbocycles. The van der Waals surface area contributed by atoms with Gasteiger partial charge in [0.25, 0.3) is 5.91 Å². The number of ether oxygens (including phenoxy) is 1. The monoisotopic (exact) mass is 418 g/mol. The molecule has 0 spiro atoms. The molecule has 0 N–H and O–H groups in total. The summed E-state index contributed by atoms with van der Waals surface area (Å²) in [6.07, 6.45) is 8.49. The van der Waals surface area contributed by atoms with E-state index in [-0.39, 0.29) is 11.9 Å². The van der Waals surface area contributed by atoms with Crippen molar-refractivity contribution >= 4 is 5.91 Å². The number of rotatable bonds is 7. The first-order valence-corrected chi connectivity index (χ1v) is 12.0. The maximum absolute atomic E-state index is 13.1. The number of benzene rings is 2. The van der Waals surface area contributed by atoms with Crippen LogP contribution in [0.4, 0.5) is 0 Å². The number of likely N-dealkylation sites (tertiary alicyclic amines) is 1. The van der Waals surface area contributed by atoms with Crippen LogP contribution in [0.2, 0.25) is 0 Å². The van der Waals surface area contributed by atoms with E-state index in [0.29, 0.717) is 0 Å². The Morgan fingerprint density at radius 3 is 2.48 bits per heavy atom. The molecule has 0 radical (unpaired) electrons. The molecule has 1 saturated heterocycles. The van der Waals surface area contributed by atoms with Crippen molar-refractivity contribution in [3.63, 3.8) is 0 Å². The van der Waals surface area contributed by atoms with Crippen LogP contribution in [0.15, 0.2) is 42.5 Å². The van der Waals surface area contributed by atoms with E-state index in [2.05, 4.69) is 23.1 Å². The molecule has 1 atom stereocenters. The molecule has 164 valence electrons. The Bertz CT molecular complexity index is 913. The van der Waals surface area contributed by atoms with Crippen LogP contribution in [0, 0.1) is 5.92 Å². The summed E-state index contributed by atoms with van der Waals surface area (Å²) in [7, 11) is 1.95. The van der Waals surface area contributed by atoms with Crippen LogP contribution in [0.1, 0.15) is 59.2 Å². The fourth-order valence-corrected chi connectivity index (χ4v) is 4.96. The molecule has 1 saturated carbocycles. The second-order valence-electron chi connectivity index (χ2n) is 9.70. The zero-order valence-corrected chi connectivity index (χ0v) is 18.7. The lowest BCUT2D eigenvalue weighted by molar-refractivity contribution is 0.0737. The molecular formula is C27H34N2O2. The van der Waals surface area contributed by atoms with Gasteiger partial charge in [0.2, 0.25) is 0 Å². The van der Waals surface area contributed by atoms with Crippen LogP contribution < -0.4 is 4.74 Å². The van der Waals surface area contributed by atoms with Gasteiger partial charge in [-0.3, -0.25) is 9.69 Å². The molecular weight excluding hydrogens is 384 g/mol. The number of fused-ring (bicyclic) bond motifs is 1. The Morgan fingerprint density at radius 2 is 1.74 bits per heavy atom. The lowest BCUT2D eigenvalue weighted by atomic mass is 10.0. The van der Waals surface area contributed by atoms with Gasteiger partial charge >= 0.3 is 0 Å². The standard InChI is InChI=1S/C27H34N2O2/c1-28(27(30)22-9-11-26(12-10-22)31-19-20-5-6-20)25-16-23-8-7-21(15-24(23)17-25)18-29-13-3-2-4-14-29/h7-12,15,20,25H,2-6,13-14,16-19H2,1H3. The first-order chi connectivity index (χ1) is 15.2. The van der Waals surface area contributed by atoms with Gasteiger partial charge in [-0.15, -0.1) is 0 Å². The number of amides is 1. The van der Waals surface area contributed by atoms with Gasteiger partial charge in [-0.2, -0.15) is 0 Å². The summed E-state index contributed by atoms with van der Waals surface area (Å²) in [6.45, 7) is 4.30. The highest BCUT2D eigenvalue weighted by Gasteiger charge is 2.28. The number of nitrogens with zero attached hydrogens (tertiary/aromatic N) is 2. The molecule has 2 fully saturated rings. The summed E-state index contributed by atoms with van der Waals surface area (Å²) in [6, 6.07) is 14.9. The maximum atomic E-state index is 13.1. The van der Waals surface area contributed by atoms with E-state index in [1.54, 1.807) is 0 Å². The number of hydrogen-bond donors (Lipinski definition) is 0. The highest BCUT2D eigenvalue weighted by atomic mass is 16.5. The Kier molecular flexibility index (Phi) is 5.99. The van der Waals surface area contributed by atoms with E-state index < -0.39 is 0 Å².